The number of anilines is 2. The lowest BCUT2D eigenvalue weighted by molar-refractivity contribution is -0.128. The van der Waals surface area contributed by atoms with E-state index in [-0.39, 0.29) is 5.91 Å². The van der Waals surface area contributed by atoms with Crippen LogP contribution < -0.4 is 5.32 Å². The van der Waals surface area contributed by atoms with Crippen LogP contribution in [0.2, 0.25) is 0 Å². The van der Waals surface area contributed by atoms with Gasteiger partial charge in [0.25, 0.3) is 0 Å². The van der Waals surface area contributed by atoms with Gasteiger partial charge < -0.3 is 10.2 Å². The number of nitrogens with one attached hydrogen (secondary N) is 1. The molecule has 2 aromatic rings. The Bertz CT molecular complexity index is 787. The smallest absolute Gasteiger partial charge is 0.248 e. The summed E-state index contributed by atoms with van der Waals surface area (Å²) in [5, 5.41) is 3.26. The summed E-state index contributed by atoms with van der Waals surface area (Å²) in [5.41, 5.74) is 2.76. The van der Waals surface area contributed by atoms with Crippen molar-refractivity contribution in [2.75, 3.05) is 18.4 Å². The van der Waals surface area contributed by atoms with E-state index in [0.29, 0.717) is 11.5 Å². The summed E-state index contributed by atoms with van der Waals surface area (Å²) in [5.74, 6) is 1.94. The SMILES string of the molecule is C=C(C)C(=O)N1CCCC(c2ccnc(Nc3cccc(C)n3)c2)C1. The van der Waals surface area contributed by atoms with Gasteiger partial charge in [-0.15, -0.1) is 0 Å². The predicted molar refractivity (Wildman–Crippen MR) is 99.9 cm³/mol. The van der Waals surface area contributed by atoms with Gasteiger partial charge in [0.1, 0.15) is 11.6 Å². The van der Waals surface area contributed by atoms with E-state index in [1.54, 1.807) is 6.92 Å². The summed E-state index contributed by atoms with van der Waals surface area (Å²) in [6.45, 7) is 9.06. The average Bonchev–Trinajstić information content (AvgIpc) is 2.61. The molecule has 25 heavy (non-hydrogen) atoms. The van der Waals surface area contributed by atoms with Crippen LogP contribution >= 0.6 is 0 Å². The second kappa shape index (κ2) is 7.47. The Kier molecular flexibility index (Phi) is 5.12. The number of hydrogen-bond acceptors (Lipinski definition) is 4. The summed E-state index contributed by atoms with van der Waals surface area (Å²) in [6, 6.07) is 9.95. The molecule has 1 N–H and O–H groups in total. The number of aryl methyl sites for hydroxylation is 1. The number of rotatable bonds is 4. The highest BCUT2D eigenvalue weighted by molar-refractivity contribution is 5.92. The van der Waals surface area contributed by atoms with Gasteiger partial charge in [-0.2, -0.15) is 0 Å². The van der Waals surface area contributed by atoms with E-state index in [1.165, 1.54) is 5.56 Å². The standard InChI is InChI=1S/C20H24N4O/c1-14(2)20(25)24-11-5-7-17(13-24)16-9-10-21-19(12-16)23-18-8-4-6-15(3)22-18/h4,6,8-10,12,17H,1,5,7,11,13H2,2-3H3,(H,21,22,23). The zero-order valence-corrected chi connectivity index (χ0v) is 14.8. The zero-order valence-electron chi connectivity index (χ0n) is 14.8. The van der Waals surface area contributed by atoms with Gasteiger partial charge in [-0.25, -0.2) is 9.97 Å². The molecule has 130 valence electrons. The second-order valence-corrected chi connectivity index (χ2v) is 6.63. The van der Waals surface area contributed by atoms with Crippen LogP contribution in [0.1, 0.15) is 36.9 Å². The molecule has 3 heterocycles. The van der Waals surface area contributed by atoms with Crippen molar-refractivity contribution >= 4 is 17.5 Å². The lowest BCUT2D eigenvalue weighted by Crippen LogP contribution is -2.39. The topological polar surface area (TPSA) is 58.1 Å². The minimum absolute atomic E-state index is 0.0565. The van der Waals surface area contributed by atoms with Gasteiger partial charge in [-0.05, 0) is 56.5 Å². The summed E-state index contributed by atoms with van der Waals surface area (Å²) >= 11 is 0. The largest absolute Gasteiger partial charge is 0.338 e. The fraction of sp³-hybridized carbons (Fsp3) is 0.350. The fourth-order valence-electron chi connectivity index (χ4n) is 3.22. The molecular weight excluding hydrogens is 312 g/mol. The minimum atomic E-state index is 0.0565. The van der Waals surface area contributed by atoms with E-state index in [0.717, 1.165) is 43.3 Å². The van der Waals surface area contributed by atoms with Gasteiger partial charge in [0.2, 0.25) is 5.91 Å². The van der Waals surface area contributed by atoms with E-state index in [9.17, 15) is 4.79 Å². The lowest BCUT2D eigenvalue weighted by atomic mass is 9.91. The van der Waals surface area contributed by atoms with Crippen molar-refractivity contribution in [3.63, 3.8) is 0 Å². The molecule has 1 atom stereocenters. The normalized spacial score (nSPS) is 17.2. The number of pyridine rings is 2. The molecule has 0 saturated carbocycles. The quantitative estimate of drug-likeness (QED) is 0.863. The Morgan fingerprint density at radius 1 is 1.32 bits per heavy atom. The van der Waals surface area contributed by atoms with Crippen molar-refractivity contribution in [3.8, 4) is 0 Å². The molecule has 1 aliphatic rings. The minimum Gasteiger partial charge on any atom is -0.338 e. The summed E-state index contributed by atoms with van der Waals surface area (Å²) < 4.78 is 0. The summed E-state index contributed by atoms with van der Waals surface area (Å²) in [7, 11) is 0. The number of hydrogen-bond donors (Lipinski definition) is 1. The molecule has 0 spiro atoms. The van der Waals surface area contributed by atoms with Crippen LogP contribution in [0, 0.1) is 6.92 Å². The third-order valence-electron chi connectivity index (χ3n) is 4.47. The van der Waals surface area contributed by atoms with E-state index in [1.807, 2.05) is 42.3 Å². The Balaban J connectivity index is 1.74. The summed E-state index contributed by atoms with van der Waals surface area (Å²) in [6.07, 6.45) is 3.90. The molecular formula is C20H24N4O. The number of aromatic nitrogens is 2. The van der Waals surface area contributed by atoms with Crippen LogP contribution in [0.4, 0.5) is 11.6 Å². The monoisotopic (exact) mass is 336 g/mol. The Labute approximate surface area is 148 Å². The molecule has 1 fully saturated rings. The van der Waals surface area contributed by atoms with Crippen LogP contribution in [0.25, 0.3) is 0 Å². The number of piperidine rings is 1. The highest BCUT2D eigenvalue weighted by Gasteiger charge is 2.25. The number of amides is 1. The number of likely N-dealkylation sites (tertiary alicyclic amines) is 1. The molecule has 5 nitrogen and oxygen atoms in total. The van der Waals surface area contributed by atoms with Gasteiger partial charge in [-0.3, -0.25) is 4.79 Å². The first-order valence-electron chi connectivity index (χ1n) is 8.64. The Morgan fingerprint density at radius 2 is 2.16 bits per heavy atom. The van der Waals surface area contributed by atoms with Crippen molar-refractivity contribution in [2.24, 2.45) is 0 Å². The number of carbonyl (C=O) groups excluding carboxylic acids is 1. The van der Waals surface area contributed by atoms with Crippen molar-refractivity contribution < 1.29 is 4.79 Å². The number of carbonyl (C=O) groups is 1. The van der Waals surface area contributed by atoms with Gasteiger partial charge in [0.05, 0.1) is 0 Å². The maximum atomic E-state index is 12.2. The average molecular weight is 336 g/mol. The first-order valence-corrected chi connectivity index (χ1v) is 8.64. The zero-order chi connectivity index (χ0) is 17.8. The Morgan fingerprint density at radius 3 is 2.92 bits per heavy atom. The molecule has 1 aliphatic heterocycles. The van der Waals surface area contributed by atoms with Gasteiger partial charge in [0.15, 0.2) is 0 Å². The van der Waals surface area contributed by atoms with E-state index >= 15 is 0 Å². The molecule has 5 heteroatoms. The first kappa shape index (κ1) is 17.1. The Hall–Kier alpha value is -2.69. The van der Waals surface area contributed by atoms with Crippen LogP contribution in [-0.2, 0) is 4.79 Å². The first-order chi connectivity index (χ1) is 12.0. The third kappa shape index (κ3) is 4.24. The molecule has 0 bridgehead atoms. The van der Waals surface area contributed by atoms with Crippen LogP contribution in [0.3, 0.4) is 0 Å². The molecule has 2 aromatic heterocycles. The van der Waals surface area contributed by atoms with Gasteiger partial charge in [-0.1, -0.05) is 12.6 Å². The maximum absolute atomic E-state index is 12.2. The van der Waals surface area contributed by atoms with Crippen LogP contribution in [0.5, 0.6) is 0 Å². The van der Waals surface area contributed by atoms with Crippen molar-refractivity contribution in [2.45, 2.75) is 32.6 Å². The highest BCUT2D eigenvalue weighted by Crippen LogP contribution is 2.29. The summed E-state index contributed by atoms with van der Waals surface area (Å²) in [4.78, 5) is 23.0. The van der Waals surface area contributed by atoms with Crippen LogP contribution in [-0.4, -0.2) is 33.9 Å². The van der Waals surface area contributed by atoms with E-state index in [2.05, 4.69) is 27.9 Å². The molecule has 0 aliphatic carbocycles. The molecule has 0 radical (unpaired) electrons. The van der Waals surface area contributed by atoms with Gasteiger partial charge in [0, 0.05) is 36.5 Å². The van der Waals surface area contributed by atoms with E-state index in [4.69, 9.17) is 0 Å². The van der Waals surface area contributed by atoms with Crippen molar-refractivity contribution in [3.05, 3.63) is 59.9 Å². The number of nitrogens with zero attached hydrogens (tertiary/aromatic N) is 3. The third-order valence-corrected chi connectivity index (χ3v) is 4.47. The van der Waals surface area contributed by atoms with Crippen LogP contribution in [0.15, 0.2) is 48.7 Å². The predicted octanol–water partition coefficient (Wildman–Crippen LogP) is 3.81. The molecule has 3 rings (SSSR count). The maximum Gasteiger partial charge on any atom is 0.248 e. The molecule has 1 unspecified atom stereocenters. The highest BCUT2D eigenvalue weighted by atomic mass is 16.2. The van der Waals surface area contributed by atoms with Gasteiger partial charge >= 0.3 is 0 Å². The second-order valence-electron chi connectivity index (χ2n) is 6.63. The van der Waals surface area contributed by atoms with E-state index < -0.39 is 0 Å². The molecule has 1 saturated heterocycles. The molecule has 0 aromatic carbocycles. The van der Waals surface area contributed by atoms with Crippen molar-refractivity contribution in [1.29, 1.82) is 0 Å². The lowest BCUT2D eigenvalue weighted by Gasteiger charge is -2.33. The van der Waals surface area contributed by atoms with Crippen molar-refractivity contribution in [1.82, 2.24) is 14.9 Å². The fourth-order valence-corrected chi connectivity index (χ4v) is 3.22. The molecule has 1 amide bonds.